The molecule has 1 aromatic heterocycles. The molecule has 14 nitrogen and oxygen atoms in total. The van der Waals surface area contributed by atoms with Crippen molar-refractivity contribution in [1.82, 2.24) is 20.2 Å². The minimum atomic E-state index is -4.66. The van der Waals surface area contributed by atoms with Crippen LogP contribution in [0.1, 0.15) is 12.5 Å². The molecule has 178 valence electrons. The topological polar surface area (TPSA) is 263 Å². The van der Waals surface area contributed by atoms with E-state index in [4.69, 9.17) is 28.2 Å². The lowest BCUT2D eigenvalue weighted by atomic mass is 9.97. The first-order chi connectivity index (χ1) is 15.4. The largest absolute Gasteiger partial charge is 0.382 e. The molecule has 0 aliphatic carbocycles. The Morgan fingerprint density at radius 2 is 1.88 bits per heavy atom. The zero-order chi connectivity index (χ0) is 24.6. The first-order valence-electron chi connectivity index (χ1n) is 9.35. The van der Waals surface area contributed by atoms with Gasteiger partial charge in [-0.2, -0.15) is 0 Å². The average molecular weight is 497 g/mol. The van der Waals surface area contributed by atoms with Gasteiger partial charge in [0.2, 0.25) is 20.0 Å². The Morgan fingerprint density at radius 3 is 2.48 bits per heavy atom. The highest BCUT2D eigenvalue weighted by Crippen LogP contribution is 2.36. The SMILES string of the molecule is CC(N)CNS(=O)(=O)c1ccc(-c2cccc3[nH]c(N)nc23)c(/C(N)=N/NN)c1S(N)(=O)=O. The van der Waals surface area contributed by atoms with Crippen molar-refractivity contribution in [1.29, 1.82) is 0 Å². The van der Waals surface area contributed by atoms with Gasteiger partial charge in [-0.25, -0.2) is 43.1 Å². The Labute approximate surface area is 189 Å². The van der Waals surface area contributed by atoms with E-state index in [1.807, 2.05) is 5.53 Å². The predicted octanol–water partition coefficient (Wildman–Crippen LogP) is -1.83. The van der Waals surface area contributed by atoms with Crippen LogP contribution in [0.5, 0.6) is 0 Å². The summed E-state index contributed by atoms with van der Waals surface area (Å²) in [7, 11) is -9.03. The van der Waals surface area contributed by atoms with Crippen LogP contribution in [-0.4, -0.2) is 45.2 Å². The van der Waals surface area contributed by atoms with Crippen molar-refractivity contribution in [3.63, 3.8) is 0 Å². The molecule has 0 aliphatic rings. The molecule has 16 heteroatoms. The van der Waals surface area contributed by atoms with E-state index < -0.39 is 41.7 Å². The van der Waals surface area contributed by atoms with Crippen LogP contribution in [0.3, 0.4) is 0 Å². The van der Waals surface area contributed by atoms with Gasteiger partial charge >= 0.3 is 0 Å². The zero-order valence-corrected chi connectivity index (χ0v) is 19.0. The Kier molecular flexibility index (Phi) is 6.59. The van der Waals surface area contributed by atoms with Crippen LogP contribution in [0.2, 0.25) is 0 Å². The summed E-state index contributed by atoms with van der Waals surface area (Å²) in [6.45, 7) is 1.43. The summed E-state index contributed by atoms with van der Waals surface area (Å²) in [5.74, 6) is 4.93. The maximum atomic E-state index is 13.0. The summed E-state index contributed by atoms with van der Waals surface area (Å²) < 4.78 is 53.5. The van der Waals surface area contributed by atoms with Crippen LogP contribution < -0.4 is 38.4 Å². The molecule has 1 unspecified atom stereocenters. The molecular weight excluding hydrogens is 472 g/mol. The molecule has 3 aromatic rings. The van der Waals surface area contributed by atoms with Crippen molar-refractivity contribution in [2.24, 2.45) is 27.6 Å². The smallest absolute Gasteiger partial charge is 0.241 e. The number of aromatic nitrogens is 2. The summed E-state index contributed by atoms with van der Waals surface area (Å²) in [6, 6.07) is 6.92. The number of nitrogens with one attached hydrogen (secondary N) is 3. The number of anilines is 1. The maximum absolute atomic E-state index is 13.0. The highest BCUT2D eigenvalue weighted by molar-refractivity contribution is 7.92. The monoisotopic (exact) mass is 496 g/mol. The molecule has 0 amide bonds. The molecule has 2 aromatic carbocycles. The van der Waals surface area contributed by atoms with Gasteiger partial charge in [0, 0.05) is 23.7 Å². The Hall–Kier alpha value is -3.28. The van der Waals surface area contributed by atoms with Crippen LogP contribution >= 0.6 is 0 Å². The number of primary sulfonamides is 1. The van der Waals surface area contributed by atoms with E-state index in [2.05, 4.69) is 19.8 Å². The summed E-state index contributed by atoms with van der Waals surface area (Å²) >= 11 is 0. The van der Waals surface area contributed by atoms with Crippen molar-refractivity contribution >= 4 is 42.9 Å². The van der Waals surface area contributed by atoms with Crippen molar-refractivity contribution in [3.8, 4) is 11.1 Å². The molecule has 0 saturated heterocycles. The van der Waals surface area contributed by atoms with Gasteiger partial charge in [-0.05, 0) is 24.6 Å². The van der Waals surface area contributed by atoms with Gasteiger partial charge in [0.1, 0.15) is 9.79 Å². The fourth-order valence-electron chi connectivity index (χ4n) is 3.25. The van der Waals surface area contributed by atoms with E-state index in [0.717, 1.165) is 6.07 Å². The fourth-order valence-corrected chi connectivity index (χ4v) is 6.01. The number of sulfonamides is 2. The number of hydrazone groups is 1. The van der Waals surface area contributed by atoms with Crippen LogP contribution in [0, 0.1) is 0 Å². The first-order valence-corrected chi connectivity index (χ1v) is 12.4. The molecule has 0 fully saturated rings. The van der Waals surface area contributed by atoms with Gasteiger partial charge < -0.3 is 22.2 Å². The van der Waals surface area contributed by atoms with Crippen LogP contribution in [-0.2, 0) is 20.0 Å². The Bertz CT molecular complexity index is 1450. The van der Waals surface area contributed by atoms with Crippen LogP contribution in [0.4, 0.5) is 5.95 Å². The molecule has 0 radical (unpaired) electrons. The Morgan fingerprint density at radius 1 is 1.18 bits per heavy atom. The van der Waals surface area contributed by atoms with Gasteiger partial charge in [-0.1, -0.05) is 18.2 Å². The number of imidazole rings is 1. The summed E-state index contributed by atoms with van der Waals surface area (Å²) in [5.41, 5.74) is 20.6. The Balaban J connectivity index is 2.45. The molecule has 3 rings (SSSR count). The summed E-state index contributed by atoms with van der Waals surface area (Å²) in [4.78, 5) is 5.69. The van der Waals surface area contributed by atoms with Crippen LogP contribution in [0.25, 0.3) is 22.2 Å². The van der Waals surface area contributed by atoms with Gasteiger partial charge in [0.05, 0.1) is 11.0 Å². The van der Waals surface area contributed by atoms with E-state index in [9.17, 15) is 16.8 Å². The summed E-state index contributed by atoms with van der Waals surface area (Å²) in [6.07, 6.45) is 0. The number of rotatable bonds is 8. The van der Waals surface area contributed by atoms with E-state index in [1.165, 1.54) is 6.07 Å². The third-order valence-corrected chi connectivity index (χ3v) is 7.14. The number of para-hydroxylation sites is 1. The van der Waals surface area contributed by atoms with Gasteiger partial charge in [0.25, 0.3) is 0 Å². The molecule has 0 saturated carbocycles. The molecule has 0 spiro atoms. The van der Waals surface area contributed by atoms with Gasteiger partial charge in [-0.15, -0.1) is 5.10 Å². The lowest BCUT2D eigenvalue weighted by Crippen LogP contribution is -2.36. The highest BCUT2D eigenvalue weighted by Gasteiger charge is 2.32. The average Bonchev–Trinajstić information content (AvgIpc) is 3.11. The molecule has 0 aliphatic heterocycles. The third kappa shape index (κ3) is 4.90. The van der Waals surface area contributed by atoms with Crippen molar-refractivity contribution in [3.05, 3.63) is 35.9 Å². The molecule has 1 atom stereocenters. The molecule has 33 heavy (non-hydrogen) atoms. The van der Waals surface area contributed by atoms with E-state index in [-0.39, 0.29) is 23.6 Å². The number of hydrazine groups is 1. The highest BCUT2D eigenvalue weighted by atomic mass is 32.2. The number of hydrogen-bond acceptors (Lipinski definition) is 10. The van der Waals surface area contributed by atoms with E-state index >= 15 is 0 Å². The van der Waals surface area contributed by atoms with Crippen molar-refractivity contribution in [2.45, 2.75) is 22.8 Å². The molecule has 13 N–H and O–H groups in total. The second-order valence-corrected chi connectivity index (χ2v) is 10.4. The van der Waals surface area contributed by atoms with Crippen LogP contribution in [0.15, 0.2) is 45.2 Å². The van der Waals surface area contributed by atoms with E-state index in [0.29, 0.717) is 16.6 Å². The first kappa shape index (κ1) is 24.4. The number of nitrogens with two attached hydrogens (primary N) is 5. The number of amidine groups is 1. The maximum Gasteiger partial charge on any atom is 0.241 e. The summed E-state index contributed by atoms with van der Waals surface area (Å²) in [5, 5.41) is 9.11. The van der Waals surface area contributed by atoms with Crippen molar-refractivity contribution in [2.75, 3.05) is 12.3 Å². The van der Waals surface area contributed by atoms with Gasteiger partial charge in [0.15, 0.2) is 11.8 Å². The zero-order valence-electron chi connectivity index (χ0n) is 17.4. The molecular formula is C17H24N10O4S2. The molecule has 0 bridgehead atoms. The second-order valence-electron chi connectivity index (χ2n) is 7.14. The van der Waals surface area contributed by atoms with Gasteiger partial charge in [-0.3, -0.25) is 0 Å². The van der Waals surface area contributed by atoms with Crippen molar-refractivity contribution < 1.29 is 16.8 Å². The number of aromatic amines is 1. The lowest BCUT2D eigenvalue weighted by molar-refractivity contribution is 0.567. The second kappa shape index (κ2) is 8.93. The predicted molar refractivity (Wildman–Crippen MR) is 124 cm³/mol. The number of nitrogen functional groups attached to an aromatic ring is 1. The number of benzene rings is 2. The lowest BCUT2D eigenvalue weighted by Gasteiger charge is -2.18. The number of H-pyrrole nitrogens is 1. The third-order valence-electron chi connectivity index (χ3n) is 4.55. The molecule has 1 heterocycles. The number of nitrogens with zero attached hydrogens (tertiary/aromatic N) is 2. The minimum Gasteiger partial charge on any atom is -0.382 e. The quantitative estimate of drug-likeness (QED) is 0.0747. The fraction of sp³-hybridized carbons (Fsp3) is 0.176. The normalized spacial score (nSPS) is 13.9. The number of fused-ring (bicyclic) bond motifs is 1. The van der Waals surface area contributed by atoms with E-state index in [1.54, 1.807) is 25.1 Å². The standard InChI is InChI=1S/C17H24N10O4S2/c1-8(18)7-23-33(30,31)12-6-5-9(10-3-2-4-11-14(10)25-17(20)24-11)13(16(19)26-27-21)15(12)32(22,28)29/h2-6,8,23,27H,7,18,21H2,1H3,(H2,19,26)(H3,20,24,25)(H2,22,28,29). The minimum absolute atomic E-state index is 0.121. The number of hydrogen-bond donors (Lipinski definition) is 8.